The number of carbonyl (C=O) groups is 1. The van der Waals surface area contributed by atoms with Crippen LogP contribution in [0, 0.1) is 0 Å². The third kappa shape index (κ3) is 6.47. The Morgan fingerprint density at radius 1 is 0.852 bits per heavy atom. The summed E-state index contributed by atoms with van der Waals surface area (Å²) in [5.74, 6) is 2.22. The molecule has 2 aromatic carbocycles. The topological polar surface area (TPSA) is 54.0 Å². The van der Waals surface area contributed by atoms with Crippen LogP contribution in [0.3, 0.4) is 0 Å². The van der Waals surface area contributed by atoms with Gasteiger partial charge in [-0.2, -0.15) is 0 Å². The summed E-state index contributed by atoms with van der Waals surface area (Å²) in [4.78, 5) is 12.9. The maximum absolute atomic E-state index is 12.9. The SMILES string of the molecule is COc1cc(OC)c(C(=O)Pc2ccc(OC(C)(C)C)cc2)c(OC)c1.[Li+]. The van der Waals surface area contributed by atoms with Gasteiger partial charge in [0, 0.05) is 12.1 Å². The minimum Gasteiger partial charge on any atom is -0.496 e. The van der Waals surface area contributed by atoms with E-state index in [9.17, 15) is 4.79 Å². The second-order valence-electron chi connectivity index (χ2n) is 6.60. The van der Waals surface area contributed by atoms with E-state index in [2.05, 4.69) is 0 Å². The summed E-state index contributed by atoms with van der Waals surface area (Å²) in [6.45, 7) is 5.98. The van der Waals surface area contributed by atoms with Crippen LogP contribution in [-0.4, -0.2) is 32.5 Å². The molecule has 1 unspecified atom stereocenters. The molecule has 27 heavy (non-hydrogen) atoms. The van der Waals surface area contributed by atoms with Crippen molar-refractivity contribution in [3.63, 3.8) is 0 Å². The molecule has 0 saturated heterocycles. The second-order valence-corrected chi connectivity index (χ2v) is 7.88. The molecule has 0 N–H and O–H groups in total. The molecule has 5 nitrogen and oxygen atoms in total. The van der Waals surface area contributed by atoms with Gasteiger partial charge in [0.1, 0.15) is 34.2 Å². The number of rotatable bonds is 7. The van der Waals surface area contributed by atoms with E-state index in [0.717, 1.165) is 11.1 Å². The van der Waals surface area contributed by atoms with Crippen LogP contribution >= 0.6 is 8.58 Å². The van der Waals surface area contributed by atoms with E-state index in [0.29, 0.717) is 22.8 Å². The first-order chi connectivity index (χ1) is 12.3. The fourth-order valence-corrected chi connectivity index (χ4v) is 3.35. The third-order valence-electron chi connectivity index (χ3n) is 3.48. The summed E-state index contributed by atoms with van der Waals surface area (Å²) in [6.07, 6.45) is 0. The molecule has 7 heteroatoms. The first-order valence-electron chi connectivity index (χ1n) is 8.18. The fraction of sp³-hybridized carbons (Fsp3) is 0.350. The molecule has 1 atom stereocenters. The predicted molar refractivity (Wildman–Crippen MR) is 105 cm³/mol. The summed E-state index contributed by atoms with van der Waals surface area (Å²) in [5.41, 5.74) is 0.0960. The van der Waals surface area contributed by atoms with Gasteiger partial charge in [-0.3, -0.25) is 4.79 Å². The first-order valence-corrected chi connectivity index (χ1v) is 9.18. The van der Waals surface area contributed by atoms with E-state index in [1.54, 1.807) is 19.2 Å². The Kier molecular flexibility index (Phi) is 8.69. The van der Waals surface area contributed by atoms with Crippen LogP contribution in [0.5, 0.6) is 23.0 Å². The number of hydrogen-bond acceptors (Lipinski definition) is 5. The van der Waals surface area contributed by atoms with Gasteiger partial charge in [-0.1, -0.05) is 12.1 Å². The predicted octanol–water partition coefficient (Wildman–Crippen LogP) is 1.04. The van der Waals surface area contributed by atoms with E-state index >= 15 is 0 Å². The number of methoxy groups -OCH3 is 3. The van der Waals surface area contributed by atoms with Crippen molar-refractivity contribution in [2.24, 2.45) is 0 Å². The number of carbonyl (C=O) groups excluding carboxylic acids is 1. The zero-order chi connectivity index (χ0) is 19.3. The van der Waals surface area contributed by atoms with E-state index < -0.39 is 0 Å². The summed E-state index contributed by atoms with van der Waals surface area (Å²) in [5, 5.41) is 0.913. The van der Waals surface area contributed by atoms with Gasteiger partial charge in [0.2, 0.25) is 0 Å². The van der Waals surface area contributed by atoms with Crippen molar-refractivity contribution in [1.82, 2.24) is 0 Å². The molecule has 0 aliphatic carbocycles. The molecular weight excluding hydrogens is 358 g/mol. The Hall–Kier alpha value is -1.66. The minimum atomic E-state index is -0.260. The molecule has 0 aromatic heterocycles. The normalized spacial score (nSPS) is 11.0. The Labute approximate surface area is 174 Å². The van der Waals surface area contributed by atoms with Crippen molar-refractivity contribution in [2.45, 2.75) is 26.4 Å². The van der Waals surface area contributed by atoms with Gasteiger partial charge in [0.25, 0.3) is 0 Å². The largest absolute Gasteiger partial charge is 1.00 e. The smallest absolute Gasteiger partial charge is 0.496 e. The first kappa shape index (κ1) is 23.4. The van der Waals surface area contributed by atoms with Crippen LogP contribution in [0.4, 0.5) is 0 Å². The molecule has 140 valence electrons. The second kappa shape index (κ2) is 10.0. The summed E-state index contributed by atoms with van der Waals surface area (Å²) >= 11 is 0. The van der Waals surface area contributed by atoms with E-state index in [1.165, 1.54) is 14.2 Å². The van der Waals surface area contributed by atoms with Crippen LogP contribution in [0.25, 0.3) is 0 Å². The van der Waals surface area contributed by atoms with E-state index in [4.69, 9.17) is 18.9 Å². The molecule has 2 aromatic rings. The van der Waals surface area contributed by atoms with Gasteiger partial charge in [-0.05, 0) is 46.8 Å². The number of hydrogen-bond donors (Lipinski definition) is 0. The van der Waals surface area contributed by atoms with Crippen molar-refractivity contribution in [3.8, 4) is 23.0 Å². The van der Waals surface area contributed by atoms with Crippen molar-refractivity contribution in [3.05, 3.63) is 42.0 Å². The molecular formula is C20H25LiO5P+. The number of ether oxygens (including phenoxy) is 4. The molecule has 0 saturated carbocycles. The van der Waals surface area contributed by atoms with Crippen molar-refractivity contribution < 1.29 is 42.6 Å². The van der Waals surface area contributed by atoms with Crippen molar-refractivity contribution in [1.29, 1.82) is 0 Å². The summed E-state index contributed by atoms with van der Waals surface area (Å²) in [6, 6.07) is 10.9. The summed E-state index contributed by atoms with van der Waals surface area (Å²) in [7, 11) is 4.54. The maximum Gasteiger partial charge on any atom is 1.00 e. The quantitative estimate of drug-likeness (QED) is 0.528. The van der Waals surface area contributed by atoms with Gasteiger partial charge in [-0.15, -0.1) is 0 Å². The molecule has 2 rings (SSSR count). The van der Waals surface area contributed by atoms with Crippen LogP contribution in [0.2, 0.25) is 0 Å². The Morgan fingerprint density at radius 3 is 1.78 bits per heavy atom. The Bertz CT molecular complexity index is 744. The van der Waals surface area contributed by atoms with Gasteiger partial charge in [0.15, 0.2) is 5.52 Å². The molecule has 0 heterocycles. The van der Waals surface area contributed by atoms with Crippen molar-refractivity contribution >= 4 is 19.4 Å². The molecule has 0 aliphatic heterocycles. The molecule has 0 bridgehead atoms. The van der Waals surface area contributed by atoms with Gasteiger partial charge >= 0.3 is 18.9 Å². The Balaban J connectivity index is 0.00000364. The number of benzene rings is 2. The van der Waals surface area contributed by atoms with E-state index in [1.807, 2.05) is 45.0 Å². The zero-order valence-corrected chi connectivity index (χ0v) is 18.0. The van der Waals surface area contributed by atoms with Crippen LogP contribution in [0.1, 0.15) is 31.1 Å². The Morgan fingerprint density at radius 2 is 1.37 bits per heavy atom. The maximum atomic E-state index is 12.9. The molecule has 0 aliphatic rings. The van der Waals surface area contributed by atoms with Crippen LogP contribution in [-0.2, 0) is 0 Å². The average molecular weight is 383 g/mol. The van der Waals surface area contributed by atoms with E-state index in [-0.39, 0.29) is 38.6 Å². The van der Waals surface area contributed by atoms with Gasteiger partial charge in [0.05, 0.1) is 21.3 Å². The fourth-order valence-electron chi connectivity index (χ4n) is 2.38. The zero-order valence-electron chi connectivity index (χ0n) is 17.0. The molecule has 0 spiro atoms. The molecule has 0 fully saturated rings. The summed E-state index contributed by atoms with van der Waals surface area (Å²) < 4.78 is 21.8. The van der Waals surface area contributed by atoms with Crippen molar-refractivity contribution in [2.75, 3.05) is 21.3 Å². The third-order valence-corrected chi connectivity index (χ3v) is 4.58. The molecule has 0 radical (unpaired) electrons. The average Bonchev–Trinajstić information content (AvgIpc) is 2.60. The monoisotopic (exact) mass is 383 g/mol. The van der Waals surface area contributed by atoms with Gasteiger partial charge < -0.3 is 18.9 Å². The van der Waals surface area contributed by atoms with Crippen LogP contribution < -0.4 is 43.1 Å². The standard InChI is InChI=1S/C20H25O5P.Li/c1-20(2,3)25-13-7-9-15(10-8-13)26-19(21)18-16(23-5)11-14(22-4)12-17(18)24-6;/h7-12,26H,1-6H3;/q;+1. The molecule has 0 amide bonds. The van der Waals surface area contributed by atoms with Crippen LogP contribution in [0.15, 0.2) is 36.4 Å². The minimum absolute atomic E-state index is 0. The van der Waals surface area contributed by atoms with Gasteiger partial charge in [-0.25, -0.2) is 0 Å².